The van der Waals surface area contributed by atoms with Crippen LogP contribution in [0.2, 0.25) is 0 Å². The lowest BCUT2D eigenvalue weighted by atomic mass is 10.1. The highest BCUT2D eigenvalue weighted by Crippen LogP contribution is 2.02. The molecule has 0 aromatic heterocycles. The zero-order valence-corrected chi connectivity index (χ0v) is 18.0. The molecule has 5 unspecified atom stereocenters. The molecule has 0 aliphatic heterocycles. The number of carboxylic acid groups (broad SMARTS) is 1. The van der Waals surface area contributed by atoms with E-state index in [2.05, 4.69) is 16.0 Å². The fourth-order valence-corrected chi connectivity index (χ4v) is 2.74. The molecular weight excluding hydrogens is 418 g/mol. The Morgan fingerprint density at radius 1 is 0.967 bits per heavy atom. The van der Waals surface area contributed by atoms with Gasteiger partial charge in [0, 0.05) is 6.42 Å². The van der Waals surface area contributed by atoms with Gasteiger partial charge < -0.3 is 37.6 Å². The van der Waals surface area contributed by atoms with Crippen molar-refractivity contribution in [2.24, 2.45) is 11.5 Å². The van der Waals surface area contributed by atoms with Gasteiger partial charge in [0.15, 0.2) is 0 Å². The molecule has 0 spiro atoms. The molecule has 0 aromatic rings. The summed E-state index contributed by atoms with van der Waals surface area (Å²) >= 11 is 1.52. The molecule has 0 bridgehead atoms. The molecule has 30 heavy (non-hydrogen) atoms. The van der Waals surface area contributed by atoms with E-state index in [0.717, 1.165) is 0 Å². The van der Waals surface area contributed by atoms with Crippen molar-refractivity contribution in [1.82, 2.24) is 16.0 Å². The number of nitrogens with one attached hydrogen (secondary N) is 3. The van der Waals surface area contributed by atoms with Gasteiger partial charge in [0.2, 0.25) is 23.6 Å². The highest BCUT2D eigenvalue weighted by molar-refractivity contribution is 7.98. The Kier molecular flexibility index (Phi) is 12.7. The average Bonchev–Trinajstić information content (AvgIpc) is 2.65. The molecule has 0 fully saturated rings. The van der Waals surface area contributed by atoms with Crippen LogP contribution in [0.3, 0.4) is 0 Å². The normalized spacial score (nSPS) is 15.8. The summed E-state index contributed by atoms with van der Waals surface area (Å²) < 4.78 is 0. The molecule has 0 radical (unpaired) electrons. The predicted molar refractivity (Wildman–Crippen MR) is 110 cm³/mol. The monoisotopic (exact) mass is 449 g/mol. The first-order chi connectivity index (χ1) is 13.9. The molecule has 9 N–H and O–H groups in total. The minimum atomic E-state index is -1.49. The lowest BCUT2D eigenvalue weighted by Crippen LogP contribution is -2.59. The van der Waals surface area contributed by atoms with Gasteiger partial charge in [0.05, 0.1) is 12.1 Å². The minimum absolute atomic E-state index is 0.253. The van der Waals surface area contributed by atoms with E-state index in [1.54, 1.807) is 0 Å². The first-order valence-electron chi connectivity index (χ1n) is 9.25. The van der Waals surface area contributed by atoms with Crippen LogP contribution in [-0.2, 0) is 24.0 Å². The maximum absolute atomic E-state index is 12.4. The number of primary amides is 1. The lowest BCUT2D eigenvalue weighted by Gasteiger charge is -2.25. The number of amides is 4. The van der Waals surface area contributed by atoms with E-state index in [1.165, 1.54) is 25.6 Å². The molecule has 4 amide bonds. The van der Waals surface area contributed by atoms with Crippen molar-refractivity contribution in [3.05, 3.63) is 0 Å². The predicted octanol–water partition coefficient (Wildman–Crippen LogP) is -2.73. The maximum atomic E-state index is 12.4. The number of carboxylic acids is 1. The van der Waals surface area contributed by atoms with Gasteiger partial charge in [-0.1, -0.05) is 0 Å². The minimum Gasteiger partial charge on any atom is -0.480 e. The SMILES string of the molecule is CSCCC(N)C(=O)NC(C)C(=O)NC(C(=O)NC(CCC(N)=O)C(=O)O)C(C)O. The lowest BCUT2D eigenvalue weighted by molar-refractivity contribution is -0.143. The summed E-state index contributed by atoms with van der Waals surface area (Å²) in [5.41, 5.74) is 10.7. The third kappa shape index (κ3) is 10.4. The summed E-state index contributed by atoms with van der Waals surface area (Å²) in [6, 6.07) is -4.78. The quantitative estimate of drug-likeness (QED) is 0.146. The van der Waals surface area contributed by atoms with E-state index < -0.39 is 59.9 Å². The van der Waals surface area contributed by atoms with Gasteiger partial charge in [0.1, 0.15) is 18.1 Å². The summed E-state index contributed by atoms with van der Waals surface area (Å²) in [6.45, 7) is 2.60. The van der Waals surface area contributed by atoms with Gasteiger partial charge >= 0.3 is 5.97 Å². The molecule has 12 nitrogen and oxygen atoms in total. The molecule has 0 aliphatic rings. The summed E-state index contributed by atoms with van der Waals surface area (Å²) in [7, 11) is 0. The number of aliphatic hydroxyl groups is 1. The summed E-state index contributed by atoms with van der Waals surface area (Å²) in [5, 5.41) is 25.8. The molecule has 0 saturated heterocycles. The molecule has 172 valence electrons. The highest BCUT2D eigenvalue weighted by Gasteiger charge is 2.31. The van der Waals surface area contributed by atoms with Crippen molar-refractivity contribution >= 4 is 41.4 Å². The van der Waals surface area contributed by atoms with Crippen LogP contribution in [0.4, 0.5) is 0 Å². The van der Waals surface area contributed by atoms with Gasteiger partial charge in [-0.05, 0) is 38.7 Å². The Bertz CT molecular complexity index is 632. The summed E-state index contributed by atoms with van der Waals surface area (Å²) in [5.74, 6) is -3.76. The second-order valence-corrected chi connectivity index (χ2v) is 7.74. The maximum Gasteiger partial charge on any atom is 0.326 e. The Labute approximate surface area is 178 Å². The molecule has 0 saturated carbocycles. The van der Waals surface area contributed by atoms with E-state index in [9.17, 15) is 29.1 Å². The highest BCUT2D eigenvalue weighted by atomic mass is 32.2. The smallest absolute Gasteiger partial charge is 0.326 e. The number of hydrogen-bond acceptors (Lipinski definition) is 8. The number of aliphatic carboxylic acids is 1. The van der Waals surface area contributed by atoms with Crippen LogP contribution in [0.15, 0.2) is 0 Å². The molecule has 0 aliphatic carbocycles. The third-order valence-electron chi connectivity index (χ3n) is 4.08. The van der Waals surface area contributed by atoms with E-state index in [1.807, 2.05) is 6.26 Å². The number of rotatable bonds is 14. The first kappa shape index (κ1) is 27.6. The topological polar surface area (TPSA) is 214 Å². The number of hydrogen-bond donors (Lipinski definition) is 7. The Balaban J connectivity index is 4.97. The van der Waals surface area contributed by atoms with Crippen LogP contribution in [0, 0.1) is 0 Å². The van der Waals surface area contributed by atoms with E-state index in [4.69, 9.17) is 16.6 Å². The van der Waals surface area contributed by atoms with Crippen molar-refractivity contribution in [2.45, 2.75) is 63.4 Å². The second kappa shape index (κ2) is 13.8. The Morgan fingerprint density at radius 2 is 1.57 bits per heavy atom. The van der Waals surface area contributed by atoms with E-state index >= 15 is 0 Å². The van der Waals surface area contributed by atoms with E-state index in [0.29, 0.717) is 12.2 Å². The summed E-state index contributed by atoms with van der Waals surface area (Å²) in [4.78, 5) is 58.8. The van der Waals surface area contributed by atoms with Crippen LogP contribution in [0.1, 0.15) is 33.1 Å². The van der Waals surface area contributed by atoms with Gasteiger partial charge in [-0.2, -0.15) is 11.8 Å². The fourth-order valence-electron chi connectivity index (χ4n) is 2.25. The summed E-state index contributed by atoms with van der Waals surface area (Å²) in [6.07, 6.45) is 0.388. The molecule has 0 aromatic carbocycles. The number of nitrogens with two attached hydrogens (primary N) is 2. The molecule has 13 heteroatoms. The van der Waals surface area contributed by atoms with Crippen LogP contribution >= 0.6 is 11.8 Å². The van der Waals surface area contributed by atoms with Crippen molar-refractivity contribution in [1.29, 1.82) is 0 Å². The third-order valence-corrected chi connectivity index (χ3v) is 4.72. The number of carbonyl (C=O) groups excluding carboxylic acids is 4. The van der Waals surface area contributed by atoms with Gasteiger partial charge in [-0.3, -0.25) is 19.2 Å². The first-order valence-corrected chi connectivity index (χ1v) is 10.6. The zero-order chi connectivity index (χ0) is 23.4. The molecular formula is C17H31N5O7S. The number of carbonyl (C=O) groups is 5. The molecule has 0 rings (SSSR count). The van der Waals surface area contributed by atoms with Crippen molar-refractivity contribution in [2.75, 3.05) is 12.0 Å². The van der Waals surface area contributed by atoms with Gasteiger partial charge in [-0.25, -0.2) is 4.79 Å². The van der Waals surface area contributed by atoms with Crippen LogP contribution in [0.5, 0.6) is 0 Å². The van der Waals surface area contributed by atoms with Crippen LogP contribution < -0.4 is 27.4 Å². The van der Waals surface area contributed by atoms with Gasteiger partial charge in [-0.15, -0.1) is 0 Å². The van der Waals surface area contributed by atoms with Crippen molar-refractivity contribution < 1.29 is 34.2 Å². The number of thioether (sulfide) groups is 1. The Morgan fingerprint density at radius 3 is 2.03 bits per heavy atom. The van der Waals surface area contributed by atoms with E-state index in [-0.39, 0.29) is 12.8 Å². The van der Waals surface area contributed by atoms with Crippen molar-refractivity contribution in [3.8, 4) is 0 Å². The van der Waals surface area contributed by atoms with Crippen LogP contribution in [-0.4, -0.2) is 82.1 Å². The second-order valence-electron chi connectivity index (χ2n) is 6.75. The number of aliphatic hydroxyl groups excluding tert-OH is 1. The molecule has 5 atom stereocenters. The fraction of sp³-hybridized carbons (Fsp3) is 0.706. The van der Waals surface area contributed by atoms with Crippen LogP contribution in [0.25, 0.3) is 0 Å². The standard InChI is InChI=1S/C17H31N5O7S/c1-8(20-15(26)10(18)6-7-30-3)14(25)22-13(9(2)23)16(27)21-11(17(28)29)4-5-12(19)24/h8-11,13,23H,4-7,18H2,1-3H3,(H2,19,24)(H,20,26)(H,21,27)(H,22,25)(H,28,29). The Hall–Kier alpha value is -2.38. The van der Waals surface area contributed by atoms with Gasteiger partial charge in [0.25, 0.3) is 0 Å². The average molecular weight is 450 g/mol. The largest absolute Gasteiger partial charge is 0.480 e. The molecule has 0 heterocycles. The zero-order valence-electron chi connectivity index (χ0n) is 17.2. The van der Waals surface area contributed by atoms with Crippen molar-refractivity contribution in [3.63, 3.8) is 0 Å².